The molecule has 5 nitrogen and oxygen atoms in total. The number of aromatic amines is 1. The molecule has 2 aromatic rings. The van der Waals surface area contributed by atoms with Gasteiger partial charge in [-0.25, -0.2) is 13.8 Å². The van der Waals surface area contributed by atoms with E-state index in [9.17, 15) is 13.6 Å². The monoisotopic (exact) mass is 312 g/mol. The Bertz CT molecular complexity index is 682. The highest BCUT2D eigenvalue weighted by Crippen LogP contribution is 2.30. The number of hydrogen-bond donors (Lipinski definition) is 3. The highest BCUT2D eigenvalue weighted by molar-refractivity contribution is 7.99. The Kier molecular flexibility index (Phi) is 4.92. The number of anilines is 1. The van der Waals surface area contributed by atoms with Gasteiger partial charge in [-0.1, -0.05) is 6.92 Å². The van der Waals surface area contributed by atoms with Gasteiger partial charge in [0.1, 0.15) is 17.5 Å². The van der Waals surface area contributed by atoms with Crippen molar-refractivity contribution in [2.45, 2.75) is 23.5 Å². The molecule has 21 heavy (non-hydrogen) atoms. The van der Waals surface area contributed by atoms with Crippen LogP contribution < -0.4 is 16.6 Å². The van der Waals surface area contributed by atoms with Gasteiger partial charge in [-0.2, -0.15) is 0 Å². The quantitative estimate of drug-likeness (QED) is 0.734. The van der Waals surface area contributed by atoms with Crippen molar-refractivity contribution in [1.29, 1.82) is 0 Å². The number of aromatic nitrogens is 2. The first-order valence-electron chi connectivity index (χ1n) is 6.23. The molecule has 0 amide bonds. The first-order valence-corrected chi connectivity index (χ1v) is 7.04. The van der Waals surface area contributed by atoms with Crippen molar-refractivity contribution >= 4 is 17.6 Å². The van der Waals surface area contributed by atoms with Crippen LogP contribution in [0.4, 0.5) is 14.6 Å². The molecular formula is C13H14F2N4OS. The molecule has 1 heterocycles. The molecule has 0 unspecified atom stereocenters. The van der Waals surface area contributed by atoms with Crippen LogP contribution in [-0.2, 0) is 6.54 Å². The van der Waals surface area contributed by atoms with Crippen LogP contribution in [0.1, 0.15) is 12.5 Å². The van der Waals surface area contributed by atoms with Crippen LogP contribution in [0.15, 0.2) is 33.0 Å². The summed E-state index contributed by atoms with van der Waals surface area (Å²) < 4.78 is 28.0. The summed E-state index contributed by atoms with van der Waals surface area (Å²) in [5.74, 6) is -1.43. The van der Waals surface area contributed by atoms with Crippen molar-refractivity contribution in [1.82, 2.24) is 15.3 Å². The summed E-state index contributed by atoms with van der Waals surface area (Å²) in [6.45, 7) is 2.98. The Hall–Kier alpha value is -1.93. The summed E-state index contributed by atoms with van der Waals surface area (Å²) in [6, 6.07) is 3.59. The highest BCUT2D eigenvalue weighted by Gasteiger charge is 2.14. The van der Waals surface area contributed by atoms with Crippen LogP contribution >= 0.6 is 11.8 Å². The Morgan fingerprint density at radius 3 is 2.57 bits per heavy atom. The molecule has 2 rings (SSSR count). The number of nitrogen functional groups attached to an aromatic ring is 1. The Morgan fingerprint density at radius 2 is 2.00 bits per heavy atom. The van der Waals surface area contributed by atoms with Gasteiger partial charge < -0.3 is 16.0 Å². The van der Waals surface area contributed by atoms with Crippen LogP contribution in [0.25, 0.3) is 0 Å². The van der Waals surface area contributed by atoms with E-state index in [1.165, 1.54) is 12.1 Å². The van der Waals surface area contributed by atoms with Crippen LogP contribution in [-0.4, -0.2) is 16.5 Å². The number of nitrogens with two attached hydrogens (primary N) is 1. The average Bonchev–Trinajstić information content (AvgIpc) is 2.39. The van der Waals surface area contributed by atoms with Crippen LogP contribution in [0.3, 0.4) is 0 Å². The second-order valence-corrected chi connectivity index (χ2v) is 5.25. The van der Waals surface area contributed by atoms with Crippen molar-refractivity contribution in [3.05, 3.63) is 45.8 Å². The number of nitrogens with one attached hydrogen (secondary N) is 2. The average molecular weight is 312 g/mol. The van der Waals surface area contributed by atoms with Gasteiger partial charge >= 0.3 is 0 Å². The molecule has 0 bridgehead atoms. The molecule has 0 aliphatic carbocycles. The maximum absolute atomic E-state index is 14.0. The van der Waals surface area contributed by atoms with Crippen molar-refractivity contribution in [3.8, 4) is 0 Å². The molecule has 1 aromatic heterocycles. The Labute approximate surface area is 124 Å². The molecular weight excluding hydrogens is 298 g/mol. The van der Waals surface area contributed by atoms with Crippen LogP contribution in [0.5, 0.6) is 0 Å². The van der Waals surface area contributed by atoms with E-state index in [0.29, 0.717) is 30.4 Å². The summed E-state index contributed by atoms with van der Waals surface area (Å²) >= 11 is 0.685. The molecule has 0 aliphatic rings. The fourth-order valence-corrected chi connectivity index (χ4v) is 2.49. The second kappa shape index (κ2) is 6.68. The molecule has 4 N–H and O–H groups in total. The van der Waals surface area contributed by atoms with Crippen molar-refractivity contribution in [3.63, 3.8) is 0 Å². The highest BCUT2D eigenvalue weighted by atomic mass is 32.2. The van der Waals surface area contributed by atoms with Gasteiger partial charge in [-0.05, 0) is 36.0 Å². The third-order valence-corrected chi connectivity index (χ3v) is 3.56. The number of nitrogens with zero attached hydrogens (tertiary/aromatic N) is 1. The molecule has 0 saturated heterocycles. The van der Waals surface area contributed by atoms with Crippen molar-refractivity contribution in [2.24, 2.45) is 0 Å². The lowest BCUT2D eigenvalue weighted by Crippen LogP contribution is -2.12. The summed E-state index contributed by atoms with van der Waals surface area (Å²) in [5, 5.41) is 3.03. The Balaban J connectivity index is 2.29. The molecule has 0 saturated carbocycles. The van der Waals surface area contributed by atoms with E-state index in [0.717, 1.165) is 6.07 Å². The van der Waals surface area contributed by atoms with Crippen molar-refractivity contribution < 1.29 is 8.78 Å². The molecule has 0 spiro atoms. The van der Waals surface area contributed by atoms with E-state index in [1.54, 1.807) is 0 Å². The number of hydrogen-bond acceptors (Lipinski definition) is 5. The van der Waals surface area contributed by atoms with Crippen LogP contribution in [0.2, 0.25) is 0 Å². The van der Waals surface area contributed by atoms with E-state index < -0.39 is 17.2 Å². The third-order valence-electron chi connectivity index (χ3n) is 2.58. The first-order chi connectivity index (χ1) is 9.99. The van der Waals surface area contributed by atoms with Gasteiger partial charge in [0.05, 0.1) is 4.90 Å². The summed E-state index contributed by atoms with van der Waals surface area (Å²) in [6.07, 6.45) is 0. The lowest BCUT2D eigenvalue weighted by molar-refractivity contribution is 0.534. The normalized spacial score (nSPS) is 10.8. The SMILES string of the molecule is CCNCc1cc(F)c(Sc2nc(N)cc(=O)[nH]2)c(F)c1. The summed E-state index contributed by atoms with van der Waals surface area (Å²) in [7, 11) is 0. The van der Waals surface area contributed by atoms with Gasteiger partial charge in [0.2, 0.25) is 0 Å². The molecule has 0 radical (unpaired) electrons. The van der Waals surface area contributed by atoms with Gasteiger partial charge in [0.15, 0.2) is 5.16 Å². The fourth-order valence-electron chi connectivity index (χ4n) is 1.68. The minimum Gasteiger partial charge on any atom is -0.383 e. The maximum Gasteiger partial charge on any atom is 0.253 e. The number of rotatable bonds is 5. The van der Waals surface area contributed by atoms with Gasteiger partial charge in [-0.15, -0.1) is 0 Å². The minimum absolute atomic E-state index is 0.00849. The van der Waals surface area contributed by atoms with Gasteiger partial charge in [0, 0.05) is 12.6 Å². The zero-order chi connectivity index (χ0) is 15.4. The smallest absolute Gasteiger partial charge is 0.253 e. The third kappa shape index (κ3) is 4.02. The molecule has 112 valence electrons. The lowest BCUT2D eigenvalue weighted by Gasteiger charge is -2.08. The van der Waals surface area contributed by atoms with Crippen molar-refractivity contribution in [2.75, 3.05) is 12.3 Å². The maximum atomic E-state index is 14.0. The number of H-pyrrole nitrogens is 1. The second-order valence-electron chi connectivity index (χ2n) is 4.25. The standard InChI is InChI=1S/C13H14F2N4OS/c1-2-17-6-7-3-8(14)12(9(15)4-7)21-13-18-10(16)5-11(20)19-13/h3-5,17H,2,6H2,1H3,(H3,16,18,19,20). The number of benzene rings is 1. The first kappa shape index (κ1) is 15.5. The largest absolute Gasteiger partial charge is 0.383 e. The summed E-state index contributed by atoms with van der Waals surface area (Å²) in [5.41, 5.74) is 5.46. The van der Waals surface area contributed by atoms with Gasteiger partial charge in [-0.3, -0.25) is 4.79 Å². The topological polar surface area (TPSA) is 83.8 Å². The predicted octanol–water partition coefficient (Wildman–Crippen LogP) is 1.89. The number of halogens is 2. The molecule has 0 fully saturated rings. The van der Waals surface area contributed by atoms with Gasteiger partial charge in [0.25, 0.3) is 5.56 Å². The minimum atomic E-state index is -0.710. The van der Waals surface area contributed by atoms with E-state index in [2.05, 4.69) is 15.3 Å². The molecule has 8 heteroatoms. The van der Waals surface area contributed by atoms with E-state index in [4.69, 9.17) is 5.73 Å². The zero-order valence-corrected chi connectivity index (χ0v) is 12.1. The lowest BCUT2D eigenvalue weighted by atomic mass is 10.2. The molecule has 0 aliphatic heterocycles. The zero-order valence-electron chi connectivity index (χ0n) is 11.2. The Morgan fingerprint density at radius 1 is 1.33 bits per heavy atom. The molecule has 1 aromatic carbocycles. The van der Waals surface area contributed by atoms with E-state index in [-0.39, 0.29) is 15.9 Å². The predicted molar refractivity (Wildman–Crippen MR) is 77.1 cm³/mol. The van der Waals surface area contributed by atoms with E-state index >= 15 is 0 Å². The van der Waals surface area contributed by atoms with Crippen LogP contribution in [0, 0.1) is 11.6 Å². The van der Waals surface area contributed by atoms with E-state index in [1.807, 2.05) is 6.92 Å². The fraction of sp³-hybridized carbons (Fsp3) is 0.231. The molecule has 0 atom stereocenters. The summed E-state index contributed by atoms with van der Waals surface area (Å²) in [4.78, 5) is 17.2.